The number of hydrogen-bond donors (Lipinski definition) is 2. The van der Waals surface area contributed by atoms with Crippen LogP contribution in [0.1, 0.15) is 41.0 Å². The van der Waals surface area contributed by atoms with E-state index in [2.05, 4.69) is 24.5 Å². The highest BCUT2D eigenvalue weighted by Crippen LogP contribution is 2.16. The van der Waals surface area contributed by atoms with Crippen LogP contribution in [-0.2, 0) is 4.74 Å². The Bertz CT molecular complexity index is 772. The average molecular weight is 384 g/mol. The van der Waals surface area contributed by atoms with Gasteiger partial charge in [0, 0.05) is 37.1 Å². The minimum absolute atomic E-state index is 0.182. The molecule has 6 nitrogen and oxygen atoms in total. The molecular weight excluding hydrogens is 356 g/mol. The monoisotopic (exact) mass is 384 g/mol. The van der Waals surface area contributed by atoms with E-state index in [0.29, 0.717) is 42.5 Å². The Morgan fingerprint density at radius 3 is 2.43 bits per heavy atom. The first-order chi connectivity index (χ1) is 13.5. The van der Waals surface area contributed by atoms with Crippen LogP contribution in [0.3, 0.4) is 0 Å². The van der Waals surface area contributed by atoms with E-state index < -0.39 is 0 Å². The van der Waals surface area contributed by atoms with Crippen molar-refractivity contribution >= 4 is 17.5 Å². The fourth-order valence-electron chi connectivity index (χ4n) is 2.43. The largest absolute Gasteiger partial charge is 0.493 e. The second-order valence-electron chi connectivity index (χ2n) is 6.87. The molecule has 0 saturated carbocycles. The fourth-order valence-corrected chi connectivity index (χ4v) is 2.43. The third-order valence-corrected chi connectivity index (χ3v) is 3.89. The second kappa shape index (κ2) is 11.1. The van der Waals surface area contributed by atoms with E-state index in [1.54, 1.807) is 55.6 Å². The SMILES string of the molecule is COCCCNC(=O)c1cccc(NC(=O)c2ccc(OCC(C)C)cc2)c1. The Morgan fingerprint density at radius 1 is 1.00 bits per heavy atom. The number of carbonyl (C=O) groups excluding carboxylic acids is 2. The van der Waals surface area contributed by atoms with Crippen molar-refractivity contribution in [3.63, 3.8) is 0 Å². The van der Waals surface area contributed by atoms with Gasteiger partial charge in [0.05, 0.1) is 6.61 Å². The Hall–Kier alpha value is -2.86. The number of rotatable bonds is 10. The first-order valence-corrected chi connectivity index (χ1v) is 9.41. The van der Waals surface area contributed by atoms with Crippen molar-refractivity contribution in [3.8, 4) is 5.75 Å². The number of benzene rings is 2. The smallest absolute Gasteiger partial charge is 0.255 e. The summed E-state index contributed by atoms with van der Waals surface area (Å²) < 4.78 is 10.6. The number of anilines is 1. The second-order valence-corrected chi connectivity index (χ2v) is 6.87. The number of hydrogen-bond acceptors (Lipinski definition) is 4. The van der Waals surface area contributed by atoms with Crippen molar-refractivity contribution in [1.82, 2.24) is 5.32 Å². The predicted octanol–water partition coefficient (Wildman–Crippen LogP) is 3.74. The molecule has 2 aromatic carbocycles. The Balaban J connectivity index is 1.93. The first kappa shape index (κ1) is 21.4. The third kappa shape index (κ3) is 7.04. The van der Waals surface area contributed by atoms with Crippen molar-refractivity contribution in [2.45, 2.75) is 20.3 Å². The lowest BCUT2D eigenvalue weighted by Gasteiger charge is -2.10. The third-order valence-electron chi connectivity index (χ3n) is 3.89. The highest BCUT2D eigenvalue weighted by atomic mass is 16.5. The summed E-state index contributed by atoms with van der Waals surface area (Å²) >= 11 is 0. The molecule has 0 aliphatic heterocycles. The van der Waals surface area contributed by atoms with Gasteiger partial charge in [0.2, 0.25) is 0 Å². The van der Waals surface area contributed by atoms with Gasteiger partial charge in [-0.25, -0.2) is 0 Å². The summed E-state index contributed by atoms with van der Waals surface area (Å²) in [4.78, 5) is 24.6. The van der Waals surface area contributed by atoms with E-state index in [-0.39, 0.29) is 11.8 Å². The standard InChI is InChI=1S/C22H28N2O4/c1-16(2)15-28-20-10-8-17(9-11-20)22(26)24-19-7-4-6-18(14-19)21(25)23-12-5-13-27-3/h4,6-11,14,16H,5,12-13,15H2,1-3H3,(H,23,25)(H,24,26). The molecule has 0 unspecified atom stereocenters. The zero-order valence-corrected chi connectivity index (χ0v) is 16.7. The van der Waals surface area contributed by atoms with Gasteiger partial charge in [-0.1, -0.05) is 19.9 Å². The lowest BCUT2D eigenvalue weighted by atomic mass is 10.1. The van der Waals surface area contributed by atoms with Crippen LogP contribution in [-0.4, -0.2) is 38.7 Å². The van der Waals surface area contributed by atoms with Crippen molar-refractivity contribution < 1.29 is 19.1 Å². The zero-order valence-electron chi connectivity index (χ0n) is 16.7. The van der Waals surface area contributed by atoms with E-state index in [1.807, 2.05) is 0 Å². The van der Waals surface area contributed by atoms with Gasteiger partial charge in [0.1, 0.15) is 5.75 Å². The van der Waals surface area contributed by atoms with Crippen LogP contribution >= 0.6 is 0 Å². The van der Waals surface area contributed by atoms with Crippen molar-refractivity contribution in [1.29, 1.82) is 0 Å². The summed E-state index contributed by atoms with van der Waals surface area (Å²) in [6.07, 6.45) is 0.746. The Labute approximate surface area is 166 Å². The number of amides is 2. The van der Waals surface area contributed by atoms with Crippen LogP contribution in [0.25, 0.3) is 0 Å². The lowest BCUT2D eigenvalue weighted by molar-refractivity contribution is 0.0947. The molecule has 0 heterocycles. The van der Waals surface area contributed by atoms with Crippen molar-refractivity contribution in [3.05, 3.63) is 59.7 Å². The highest BCUT2D eigenvalue weighted by molar-refractivity contribution is 6.05. The molecule has 0 fully saturated rings. The van der Waals surface area contributed by atoms with Crippen LogP contribution in [0.5, 0.6) is 5.75 Å². The molecule has 0 aromatic heterocycles. The van der Waals surface area contributed by atoms with E-state index in [1.165, 1.54) is 0 Å². The maximum atomic E-state index is 12.5. The normalized spacial score (nSPS) is 10.6. The maximum absolute atomic E-state index is 12.5. The minimum Gasteiger partial charge on any atom is -0.493 e. The van der Waals surface area contributed by atoms with Crippen LogP contribution in [0, 0.1) is 5.92 Å². The molecule has 2 amide bonds. The molecule has 0 aliphatic rings. The molecule has 0 atom stereocenters. The zero-order chi connectivity index (χ0) is 20.4. The molecule has 6 heteroatoms. The molecule has 0 spiro atoms. The molecule has 2 rings (SSSR count). The summed E-state index contributed by atoms with van der Waals surface area (Å²) in [5, 5.41) is 5.65. The summed E-state index contributed by atoms with van der Waals surface area (Å²) in [5.74, 6) is 0.747. The van der Waals surface area contributed by atoms with Gasteiger partial charge in [-0.2, -0.15) is 0 Å². The van der Waals surface area contributed by atoms with Crippen molar-refractivity contribution in [2.75, 3.05) is 32.2 Å². The average Bonchev–Trinajstić information content (AvgIpc) is 2.70. The Kier molecular flexibility index (Phi) is 8.49. The maximum Gasteiger partial charge on any atom is 0.255 e. The molecular formula is C22H28N2O4. The number of carbonyl (C=O) groups is 2. The minimum atomic E-state index is -0.243. The van der Waals surface area contributed by atoms with Crippen LogP contribution in [0.15, 0.2) is 48.5 Å². The summed E-state index contributed by atoms with van der Waals surface area (Å²) in [6, 6.07) is 13.9. The van der Waals surface area contributed by atoms with E-state index in [4.69, 9.17) is 9.47 Å². The lowest BCUT2D eigenvalue weighted by Crippen LogP contribution is -2.25. The molecule has 0 aliphatic carbocycles. The summed E-state index contributed by atoms with van der Waals surface area (Å²) in [6.45, 7) is 5.92. The predicted molar refractivity (Wildman–Crippen MR) is 110 cm³/mol. The summed E-state index contributed by atoms with van der Waals surface area (Å²) in [5.41, 5.74) is 1.58. The van der Waals surface area contributed by atoms with E-state index >= 15 is 0 Å². The molecule has 0 radical (unpaired) electrons. The molecule has 0 saturated heterocycles. The summed E-state index contributed by atoms with van der Waals surface area (Å²) in [7, 11) is 1.63. The fraction of sp³-hybridized carbons (Fsp3) is 0.364. The van der Waals surface area contributed by atoms with Gasteiger partial charge in [-0.15, -0.1) is 0 Å². The van der Waals surface area contributed by atoms with Gasteiger partial charge in [0.25, 0.3) is 11.8 Å². The quantitative estimate of drug-likeness (QED) is 0.612. The van der Waals surface area contributed by atoms with E-state index in [9.17, 15) is 9.59 Å². The van der Waals surface area contributed by atoms with Gasteiger partial charge < -0.3 is 20.1 Å². The Morgan fingerprint density at radius 2 is 1.75 bits per heavy atom. The molecule has 150 valence electrons. The highest BCUT2D eigenvalue weighted by Gasteiger charge is 2.09. The molecule has 0 bridgehead atoms. The number of nitrogens with one attached hydrogen (secondary N) is 2. The van der Waals surface area contributed by atoms with Crippen LogP contribution in [0.4, 0.5) is 5.69 Å². The van der Waals surface area contributed by atoms with Gasteiger partial charge in [-0.3, -0.25) is 9.59 Å². The van der Waals surface area contributed by atoms with Crippen molar-refractivity contribution in [2.24, 2.45) is 5.92 Å². The molecule has 2 N–H and O–H groups in total. The van der Waals surface area contributed by atoms with Crippen LogP contribution < -0.4 is 15.4 Å². The topological polar surface area (TPSA) is 76.7 Å². The molecule has 2 aromatic rings. The van der Waals surface area contributed by atoms with Gasteiger partial charge in [-0.05, 0) is 54.8 Å². The first-order valence-electron chi connectivity index (χ1n) is 9.41. The van der Waals surface area contributed by atoms with Gasteiger partial charge in [0.15, 0.2) is 0 Å². The van der Waals surface area contributed by atoms with Crippen LogP contribution in [0.2, 0.25) is 0 Å². The van der Waals surface area contributed by atoms with Gasteiger partial charge >= 0.3 is 0 Å². The molecule has 28 heavy (non-hydrogen) atoms. The van der Waals surface area contributed by atoms with E-state index in [0.717, 1.165) is 12.2 Å². The number of methoxy groups -OCH3 is 1. The number of ether oxygens (including phenoxy) is 2.